The topological polar surface area (TPSA) is 62.1 Å². The Morgan fingerprint density at radius 1 is 0.422 bits per heavy atom. The van der Waals surface area contributed by atoms with Crippen molar-refractivity contribution in [3.63, 3.8) is 0 Å². The number of para-hydroxylation sites is 3. The Labute approximate surface area is 258 Å². The summed E-state index contributed by atoms with van der Waals surface area (Å²) in [6, 6.07) is 48.6. The van der Waals surface area contributed by atoms with Crippen LogP contribution < -0.4 is 9.47 Å². The van der Waals surface area contributed by atoms with Crippen molar-refractivity contribution in [2.24, 2.45) is 0 Å². The summed E-state index contributed by atoms with van der Waals surface area (Å²) in [6.07, 6.45) is 0. The summed E-state index contributed by atoms with van der Waals surface area (Å²) in [5, 5.41) is 2.21. The van der Waals surface area contributed by atoms with Crippen molar-refractivity contribution in [1.82, 2.24) is 19.5 Å². The highest BCUT2D eigenvalue weighted by Crippen LogP contribution is 2.50. The van der Waals surface area contributed by atoms with Gasteiger partial charge in [-0.25, -0.2) is 15.0 Å². The molecule has 0 aliphatic carbocycles. The number of rotatable bonds is 4. The van der Waals surface area contributed by atoms with Crippen molar-refractivity contribution >= 4 is 21.8 Å². The summed E-state index contributed by atoms with van der Waals surface area (Å²) >= 11 is 0. The Balaban J connectivity index is 1.26. The van der Waals surface area contributed by atoms with E-state index in [1.165, 1.54) is 0 Å². The highest BCUT2D eigenvalue weighted by molar-refractivity contribution is 6.12. The molecule has 0 radical (unpaired) electrons. The second-order valence-electron chi connectivity index (χ2n) is 10.9. The Bertz CT molecular complexity index is 2330. The lowest BCUT2D eigenvalue weighted by Crippen LogP contribution is -2.03. The zero-order chi connectivity index (χ0) is 29.7. The summed E-state index contributed by atoms with van der Waals surface area (Å²) in [6.45, 7) is 0. The van der Waals surface area contributed by atoms with Crippen molar-refractivity contribution in [3.8, 4) is 62.8 Å². The first-order valence-electron chi connectivity index (χ1n) is 14.8. The van der Waals surface area contributed by atoms with Crippen molar-refractivity contribution < 1.29 is 9.47 Å². The average molecular weight is 581 g/mol. The van der Waals surface area contributed by atoms with E-state index in [-0.39, 0.29) is 0 Å². The number of fused-ring (bicyclic) bond motifs is 6. The lowest BCUT2D eigenvalue weighted by atomic mass is 10.1. The molecular weight excluding hydrogens is 556 g/mol. The SMILES string of the molecule is c1ccc(-c2nc(-c3ccccc3)nc(-c3cccc(-n4c5ccccc5c5ccc6c(c54)Oc4ccccc4O6)c3)n2)cc1. The van der Waals surface area contributed by atoms with E-state index < -0.39 is 0 Å². The van der Waals surface area contributed by atoms with Crippen LogP contribution in [-0.4, -0.2) is 19.5 Å². The summed E-state index contributed by atoms with van der Waals surface area (Å²) in [7, 11) is 0. The van der Waals surface area contributed by atoms with Gasteiger partial charge in [-0.15, -0.1) is 0 Å². The minimum Gasteiger partial charge on any atom is -0.449 e. The molecule has 8 aromatic rings. The summed E-state index contributed by atoms with van der Waals surface area (Å²) in [4.78, 5) is 14.8. The monoisotopic (exact) mass is 580 g/mol. The molecule has 0 saturated carbocycles. The first kappa shape index (κ1) is 25.2. The largest absolute Gasteiger partial charge is 0.449 e. The summed E-state index contributed by atoms with van der Waals surface area (Å²) in [5.74, 6) is 4.60. The van der Waals surface area contributed by atoms with Crippen LogP contribution in [0.3, 0.4) is 0 Å². The van der Waals surface area contributed by atoms with Crippen LogP contribution >= 0.6 is 0 Å². The lowest BCUT2D eigenvalue weighted by molar-refractivity contribution is 0.362. The molecule has 9 rings (SSSR count). The predicted molar refractivity (Wildman–Crippen MR) is 177 cm³/mol. The molecule has 2 aromatic heterocycles. The molecule has 0 unspecified atom stereocenters. The van der Waals surface area contributed by atoms with Crippen LogP contribution in [0.2, 0.25) is 0 Å². The van der Waals surface area contributed by atoms with Crippen molar-refractivity contribution in [1.29, 1.82) is 0 Å². The fraction of sp³-hybridized carbons (Fsp3) is 0. The van der Waals surface area contributed by atoms with E-state index in [2.05, 4.69) is 47.0 Å². The van der Waals surface area contributed by atoms with Crippen molar-refractivity contribution in [3.05, 3.63) is 146 Å². The van der Waals surface area contributed by atoms with E-state index in [4.69, 9.17) is 24.4 Å². The normalized spacial score (nSPS) is 11.9. The molecule has 1 aliphatic rings. The van der Waals surface area contributed by atoms with Gasteiger partial charge in [0, 0.05) is 33.2 Å². The first-order valence-corrected chi connectivity index (χ1v) is 14.8. The van der Waals surface area contributed by atoms with Gasteiger partial charge >= 0.3 is 0 Å². The molecule has 0 bridgehead atoms. The molecule has 0 amide bonds. The van der Waals surface area contributed by atoms with Crippen LogP contribution in [0.4, 0.5) is 0 Å². The second-order valence-corrected chi connectivity index (χ2v) is 10.9. The summed E-state index contributed by atoms with van der Waals surface area (Å²) in [5.41, 5.74) is 5.69. The molecule has 0 N–H and O–H groups in total. The van der Waals surface area contributed by atoms with E-state index >= 15 is 0 Å². The quantitative estimate of drug-likeness (QED) is 0.207. The Kier molecular flexibility index (Phi) is 5.71. The fourth-order valence-corrected chi connectivity index (χ4v) is 6.03. The molecule has 212 valence electrons. The van der Waals surface area contributed by atoms with Crippen LogP contribution in [0.15, 0.2) is 146 Å². The van der Waals surface area contributed by atoms with Crippen LogP contribution in [0.5, 0.6) is 23.0 Å². The molecule has 0 fully saturated rings. The third-order valence-corrected chi connectivity index (χ3v) is 8.10. The fourth-order valence-electron chi connectivity index (χ4n) is 6.03. The van der Waals surface area contributed by atoms with Crippen molar-refractivity contribution in [2.45, 2.75) is 0 Å². The highest BCUT2D eigenvalue weighted by Gasteiger charge is 2.25. The van der Waals surface area contributed by atoms with Gasteiger partial charge in [0.25, 0.3) is 0 Å². The Morgan fingerprint density at radius 2 is 1.00 bits per heavy atom. The zero-order valence-corrected chi connectivity index (χ0v) is 24.0. The summed E-state index contributed by atoms with van der Waals surface area (Å²) < 4.78 is 15.1. The molecule has 1 aliphatic heterocycles. The molecule has 6 aromatic carbocycles. The predicted octanol–water partition coefficient (Wildman–Crippen LogP) is 9.87. The average Bonchev–Trinajstić information content (AvgIpc) is 3.46. The molecule has 0 spiro atoms. The number of nitrogens with zero attached hydrogens (tertiary/aromatic N) is 4. The smallest absolute Gasteiger partial charge is 0.194 e. The molecular formula is C39H24N4O2. The van der Waals surface area contributed by atoms with Gasteiger partial charge < -0.3 is 14.0 Å². The number of hydrogen-bond donors (Lipinski definition) is 0. The maximum absolute atomic E-state index is 6.55. The Hall–Kier alpha value is -6.27. The lowest BCUT2D eigenvalue weighted by Gasteiger charge is -2.22. The number of benzene rings is 6. The molecule has 3 heterocycles. The van der Waals surface area contributed by atoms with Gasteiger partial charge in [-0.1, -0.05) is 103 Å². The highest BCUT2D eigenvalue weighted by atomic mass is 16.6. The maximum Gasteiger partial charge on any atom is 0.194 e. The minimum absolute atomic E-state index is 0.598. The third kappa shape index (κ3) is 4.23. The molecule has 0 atom stereocenters. The molecule has 45 heavy (non-hydrogen) atoms. The van der Waals surface area contributed by atoms with Crippen LogP contribution in [0.25, 0.3) is 61.7 Å². The van der Waals surface area contributed by atoms with Crippen LogP contribution in [0, 0.1) is 0 Å². The van der Waals surface area contributed by atoms with Crippen LogP contribution in [0.1, 0.15) is 0 Å². The van der Waals surface area contributed by atoms with E-state index in [1.807, 2.05) is 103 Å². The number of hydrogen-bond acceptors (Lipinski definition) is 5. The van der Waals surface area contributed by atoms with E-state index in [9.17, 15) is 0 Å². The van der Waals surface area contributed by atoms with Gasteiger partial charge in [-0.3, -0.25) is 0 Å². The van der Waals surface area contributed by atoms with Gasteiger partial charge in [0.2, 0.25) is 0 Å². The van der Waals surface area contributed by atoms with E-state index in [0.717, 1.165) is 44.2 Å². The maximum atomic E-state index is 6.55. The van der Waals surface area contributed by atoms with Gasteiger partial charge in [0.15, 0.2) is 40.5 Å². The minimum atomic E-state index is 0.598. The first-order chi connectivity index (χ1) is 22.3. The molecule has 6 nitrogen and oxygen atoms in total. The van der Waals surface area contributed by atoms with Crippen LogP contribution in [-0.2, 0) is 0 Å². The van der Waals surface area contributed by atoms with Crippen molar-refractivity contribution in [2.75, 3.05) is 0 Å². The zero-order valence-electron chi connectivity index (χ0n) is 24.0. The Morgan fingerprint density at radius 3 is 1.71 bits per heavy atom. The third-order valence-electron chi connectivity index (χ3n) is 8.10. The standard InChI is InChI=1S/C39H24N4O2/c1-3-12-25(13-4-1)37-40-38(26-14-5-2-6-15-26)42-39(41-37)27-16-11-17-28(24-27)43-31-19-8-7-18-29(31)30-22-23-34-36(35(30)43)45-33-21-10-9-20-32(33)44-34/h1-24H. The molecule has 6 heteroatoms. The number of ether oxygens (including phenoxy) is 2. The van der Waals surface area contributed by atoms with Gasteiger partial charge in [-0.2, -0.15) is 0 Å². The van der Waals surface area contributed by atoms with Gasteiger partial charge in [0.05, 0.1) is 5.52 Å². The van der Waals surface area contributed by atoms with Gasteiger partial charge in [0.1, 0.15) is 5.52 Å². The van der Waals surface area contributed by atoms with Gasteiger partial charge in [-0.05, 0) is 42.5 Å². The second kappa shape index (κ2) is 10.2. The van der Waals surface area contributed by atoms with E-state index in [0.29, 0.717) is 40.5 Å². The van der Waals surface area contributed by atoms with E-state index in [1.54, 1.807) is 0 Å². The molecule has 0 saturated heterocycles. The number of aromatic nitrogens is 4.